The zero-order valence-corrected chi connectivity index (χ0v) is 12.0. The van der Waals surface area contributed by atoms with Gasteiger partial charge < -0.3 is 9.14 Å². The van der Waals surface area contributed by atoms with Crippen LogP contribution in [0.5, 0.6) is 0 Å². The Kier molecular flexibility index (Phi) is 3.44. The first kappa shape index (κ1) is 13.4. The number of rotatable bonds is 3. The van der Waals surface area contributed by atoms with Crippen LogP contribution in [0, 0.1) is 6.92 Å². The van der Waals surface area contributed by atoms with E-state index in [2.05, 4.69) is 24.0 Å². The molecule has 0 unspecified atom stereocenters. The van der Waals surface area contributed by atoms with E-state index < -0.39 is 0 Å². The van der Waals surface area contributed by atoms with Crippen molar-refractivity contribution in [1.82, 2.24) is 9.38 Å². The van der Waals surface area contributed by atoms with Crippen molar-refractivity contribution < 1.29 is 9.53 Å². The molecular formula is C17H16N2O2. The second kappa shape index (κ2) is 5.40. The average Bonchev–Trinajstić information content (AvgIpc) is 2.90. The van der Waals surface area contributed by atoms with E-state index in [1.54, 1.807) is 12.3 Å². The minimum absolute atomic E-state index is 0.342. The van der Waals surface area contributed by atoms with Gasteiger partial charge in [-0.15, -0.1) is 0 Å². The van der Waals surface area contributed by atoms with Crippen LogP contribution in [0.4, 0.5) is 0 Å². The van der Waals surface area contributed by atoms with Crippen LogP contribution in [0.3, 0.4) is 0 Å². The fourth-order valence-electron chi connectivity index (χ4n) is 2.37. The van der Waals surface area contributed by atoms with Gasteiger partial charge in [0.2, 0.25) is 0 Å². The summed E-state index contributed by atoms with van der Waals surface area (Å²) >= 11 is 0. The van der Waals surface area contributed by atoms with Gasteiger partial charge in [-0.2, -0.15) is 0 Å². The summed E-state index contributed by atoms with van der Waals surface area (Å²) in [4.78, 5) is 16.1. The van der Waals surface area contributed by atoms with Gasteiger partial charge >= 0.3 is 5.97 Å². The second-order valence-corrected chi connectivity index (χ2v) is 5.01. The molecule has 4 nitrogen and oxygen atoms in total. The van der Waals surface area contributed by atoms with Gasteiger partial charge in [-0.05, 0) is 30.2 Å². The third-order valence-corrected chi connectivity index (χ3v) is 3.55. The number of aromatic nitrogens is 2. The number of methoxy groups -OCH3 is 1. The maximum absolute atomic E-state index is 11.5. The Labute approximate surface area is 123 Å². The standard InChI is InChI=1S/C17H16N2O2/c1-12-5-3-4-6-13(12)9-15-11-19-10-14(17(20)21-2)7-8-16(19)18-15/h3-8,10-11H,9H2,1-2H3. The summed E-state index contributed by atoms with van der Waals surface area (Å²) in [6.07, 6.45) is 4.48. The summed E-state index contributed by atoms with van der Waals surface area (Å²) in [6.45, 7) is 2.10. The molecule has 0 bridgehead atoms. The van der Waals surface area contributed by atoms with Crippen molar-refractivity contribution in [2.75, 3.05) is 7.11 Å². The lowest BCUT2D eigenvalue weighted by Crippen LogP contribution is -2.02. The highest BCUT2D eigenvalue weighted by atomic mass is 16.5. The van der Waals surface area contributed by atoms with Crippen molar-refractivity contribution in [1.29, 1.82) is 0 Å². The van der Waals surface area contributed by atoms with Gasteiger partial charge in [-0.25, -0.2) is 9.78 Å². The van der Waals surface area contributed by atoms with E-state index in [0.29, 0.717) is 5.56 Å². The SMILES string of the molecule is COC(=O)c1ccc2nc(Cc3ccccc3C)cn2c1. The van der Waals surface area contributed by atoms with Gasteiger partial charge in [0.15, 0.2) is 0 Å². The van der Waals surface area contributed by atoms with Gasteiger partial charge in [0.25, 0.3) is 0 Å². The Morgan fingerprint density at radius 1 is 1.19 bits per heavy atom. The molecule has 3 rings (SSSR count). The molecule has 0 N–H and O–H groups in total. The summed E-state index contributed by atoms with van der Waals surface area (Å²) < 4.78 is 6.59. The Bertz CT molecular complexity index is 805. The number of carbonyl (C=O) groups excluding carboxylic acids is 1. The van der Waals surface area contributed by atoms with Crippen LogP contribution in [0.2, 0.25) is 0 Å². The molecule has 21 heavy (non-hydrogen) atoms. The second-order valence-electron chi connectivity index (χ2n) is 5.01. The van der Waals surface area contributed by atoms with Gasteiger partial charge in [0.1, 0.15) is 5.65 Å². The molecule has 0 spiro atoms. The number of imidazole rings is 1. The zero-order chi connectivity index (χ0) is 14.8. The van der Waals surface area contributed by atoms with Crippen LogP contribution in [0.1, 0.15) is 27.2 Å². The van der Waals surface area contributed by atoms with Crippen molar-refractivity contribution >= 4 is 11.6 Å². The van der Waals surface area contributed by atoms with E-state index in [1.165, 1.54) is 18.2 Å². The lowest BCUT2D eigenvalue weighted by molar-refractivity contribution is 0.0600. The molecule has 0 radical (unpaired) electrons. The first-order chi connectivity index (χ1) is 10.2. The van der Waals surface area contributed by atoms with Crippen molar-refractivity contribution in [2.45, 2.75) is 13.3 Å². The van der Waals surface area contributed by atoms with E-state index in [-0.39, 0.29) is 5.97 Å². The average molecular weight is 280 g/mol. The summed E-state index contributed by atoms with van der Waals surface area (Å²) in [7, 11) is 1.38. The molecule has 2 heterocycles. The van der Waals surface area contributed by atoms with Crippen LogP contribution < -0.4 is 0 Å². The van der Waals surface area contributed by atoms with E-state index >= 15 is 0 Å². The Hall–Kier alpha value is -2.62. The largest absolute Gasteiger partial charge is 0.465 e. The molecule has 0 aliphatic carbocycles. The van der Waals surface area contributed by atoms with E-state index in [0.717, 1.165) is 17.8 Å². The fourth-order valence-corrected chi connectivity index (χ4v) is 2.37. The molecule has 0 aliphatic rings. The number of aryl methyl sites for hydroxylation is 1. The van der Waals surface area contributed by atoms with E-state index in [1.807, 2.05) is 28.8 Å². The zero-order valence-electron chi connectivity index (χ0n) is 12.0. The summed E-state index contributed by atoms with van der Waals surface area (Å²) in [5.41, 5.74) is 4.83. The molecule has 0 saturated carbocycles. The number of hydrogen-bond acceptors (Lipinski definition) is 3. The monoisotopic (exact) mass is 280 g/mol. The minimum Gasteiger partial charge on any atom is -0.465 e. The van der Waals surface area contributed by atoms with Gasteiger partial charge in [-0.1, -0.05) is 24.3 Å². The van der Waals surface area contributed by atoms with Crippen molar-refractivity contribution in [2.24, 2.45) is 0 Å². The number of esters is 1. The molecule has 4 heteroatoms. The fraction of sp³-hybridized carbons (Fsp3) is 0.176. The number of carbonyl (C=O) groups is 1. The quantitative estimate of drug-likeness (QED) is 0.693. The Morgan fingerprint density at radius 2 is 2.00 bits per heavy atom. The molecule has 3 aromatic rings. The Morgan fingerprint density at radius 3 is 2.76 bits per heavy atom. The number of hydrogen-bond donors (Lipinski definition) is 0. The van der Waals surface area contributed by atoms with Crippen LogP contribution in [-0.4, -0.2) is 22.5 Å². The predicted octanol–water partition coefficient (Wildman–Crippen LogP) is 3.02. The highest BCUT2D eigenvalue weighted by Gasteiger charge is 2.09. The molecule has 0 fully saturated rings. The molecule has 2 aromatic heterocycles. The van der Waals surface area contributed by atoms with Gasteiger partial charge in [0.05, 0.1) is 18.4 Å². The highest BCUT2D eigenvalue weighted by Crippen LogP contribution is 2.15. The van der Waals surface area contributed by atoms with Crippen molar-refractivity contribution in [3.63, 3.8) is 0 Å². The summed E-state index contributed by atoms with van der Waals surface area (Å²) in [6, 6.07) is 11.8. The number of ether oxygens (including phenoxy) is 1. The Balaban J connectivity index is 1.94. The first-order valence-electron chi connectivity index (χ1n) is 6.78. The minimum atomic E-state index is -0.342. The van der Waals surface area contributed by atoms with Gasteiger partial charge in [0, 0.05) is 18.8 Å². The van der Waals surface area contributed by atoms with Crippen molar-refractivity contribution in [3.8, 4) is 0 Å². The third-order valence-electron chi connectivity index (χ3n) is 3.55. The van der Waals surface area contributed by atoms with Crippen LogP contribution in [0.15, 0.2) is 48.8 Å². The molecule has 0 aliphatic heterocycles. The smallest absolute Gasteiger partial charge is 0.339 e. The lowest BCUT2D eigenvalue weighted by Gasteiger charge is -2.01. The summed E-state index contributed by atoms with van der Waals surface area (Å²) in [5, 5.41) is 0. The number of pyridine rings is 1. The number of fused-ring (bicyclic) bond motifs is 1. The van der Waals surface area contributed by atoms with E-state index in [4.69, 9.17) is 4.74 Å². The van der Waals surface area contributed by atoms with Crippen LogP contribution >= 0.6 is 0 Å². The normalized spacial score (nSPS) is 10.8. The third kappa shape index (κ3) is 2.65. The molecule has 0 amide bonds. The van der Waals surface area contributed by atoms with Crippen LogP contribution in [-0.2, 0) is 11.2 Å². The van der Waals surface area contributed by atoms with E-state index in [9.17, 15) is 4.79 Å². The lowest BCUT2D eigenvalue weighted by atomic mass is 10.0. The topological polar surface area (TPSA) is 43.6 Å². The number of benzene rings is 1. The van der Waals surface area contributed by atoms with Crippen molar-refractivity contribution in [3.05, 3.63) is 71.2 Å². The molecular weight excluding hydrogens is 264 g/mol. The van der Waals surface area contributed by atoms with Crippen LogP contribution in [0.25, 0.3) is 5.65 Å². The maximum atomic E-state index is 11.5. The van der Waals surface area contributed by atoms with Gasteiger partial charge in [-0.3, -0.25) is 0 Å². The first-order valence-corrected chi connectivity index (χ1v) is 6.78. The molecule has 106 valence electrons. The molecule has 0 atom stereocenters. The number of nitrogens with zero attached hydrogens (tertiary/aromatic N) is 2. The maximum Gasteiger partial charge on any atom is 0.339 e. The molecule has 1 aromatic carbocycles. The molecule has 0 saturated heterocycles. The predicted molar refractivity (Wildman–Crippen MR) is 80.5 cm³/mol. The summed E-state index contributed by atoms with van der Waals surface area (Å²) in [5.74, 6) is -0.342. The highest BCUT2D eigenvalue weighted by molar-refractivity contribution is 5.89.